The highest BCUT2D eigenvalue weighted by molar-refractivity contribution is 7.92. The number of hydrogen-bond acceptors (Lipinski definition) is 4. The van der Waals surface area contributed by atoms with Crippen LogP contribution in [0.1, 0.15) is 10.4 Å². The Balaban J connectivity index is 2.44. The van der Waals surface area contributed by atoms with Gasteiger partial charge in [-0.25, -0.2) is 0 Å². The van der Waals surface area contributed by atoms with Gasteiger partial charge in [0.15, 0.2) is 5.03 Å². The molecular weight excluding hydrogens is 316 g/mol. The van der Waals surface area contributed by atoms with Crippen LogP contribution in [0.25, 0.3) is 0 Å². The van der Waals surface area contributed by atoms with Crippen LogP contribution in [0.3, 0.4) is 0 Å². The molecule has 112 valence electrons. The third-order valence-corrected chi connectivity index (χ3v) is 4.16. The first kappa shape index (κ1) is 15.3. The molecule has 0 saturated carbocycles. The number of nitrogens with zero attached hydrogens (tertiary/aromatic N) is 2. The molecule has 1 aromatic heterocycles. The van der Waals surface area contributed by atoms with E-state index in [-0.39, 0.29) is 22.2 Å². The fourth-order valence-corrected chi connectivity index (χ4v) is 2.77. The maximum atomic E-state index is 12.2. The number of nitrogens with one attached hydrogen (secondary N) is 2. The molecule has 0 unspecified atom stereocenters. The first-order valence-corrected chi connectivity index (χ1v) is 7.71. The molecule has 1 aromatic carbocycles. The largest absolute Gasteiger partial charge is 0.345 e. The van der Waals surface area contributed by atoms with Crippen molar-refractivity contribution in [3.63, 3.8) is 0 Å². The highest BCUT2D eigenvalue weighted by atomic mass is 35.5. The Morgan fingerprint density at radius 3 is 2.62 bits per heavy atom. The van der Waals surface area contributed by atoms with Crippen molar-refractivity contribution in [1.29, 1.82) is 0 Å². The second-order valence-electron chi connectivity index (χ2n) is 4.42. The summed E-state index contributed by atoms with van der Waals surface area (Å²) in [6.45, 7) is 0. The Labute approximate surface area is 127 Å². The van der Waals surface area contributed by atoms with Crippen LogP contribution in [0.15, 0.2) is 35.5 Å². The number of anilines is 1. The molecule has 2 aromatic rings. The number of carbonyl (C=O) groups is 1. The summed E-state index contributed by atoms with van der Waals surface area (Å²) >= 11 is 5.87. The van der Waals surface area contributed by atoms with Crippen LogP contribution in [0.5, 0.6) is 0 Å². The number of aromatic amines is 1. The monoisotopic (exact) mass is 328 g/mol. The van der Waals surface area contributed by atoms with Gasteiger partial charge in [0.1, 0.15) is 0 Å². The molecule has 0 aliphatic heterocycles. The predicted octanol–water partition coefficient (Wildman–Crippen LogP) is 1.57. The zero-order chi connectivity index (χ0) is 15.6. The second-order valence-corrected chi connectivity index (χ2v) is 6.50. The lowest BCUT2D eigenvalue weighted by Crippen LogP contribution is -2.24. The molecule has 0 fully saturated rings. The first-order chi connectivity index (χ1) is 9.81. The molecule has 1 heterocycles. The fraction of sp³-hybridized carbons (Fsp3) is 0.167. The van der Waals surface area contributed by atoms with Gasteiger partial charge in [0.05, 0.1) is 17.4 Å². The quantitative estimate of drug-likeness (QED) is 0.890. The van der Waals surface area contributed by atoms with Crippen LogP contribution < -0.4 is 4.72 Å². The smallest absolute Gasteiger partial charge is 0.278 e. The molecule has 21 heavy (non-hydrogen) atoms. The van der Waals surface area contributed by atoms with E-state index in [0.717, 1.165) is 0 Å². The lowest BCUT2D eigenvalue weighted by Gasteiger charge is -2.15. The molecule has 0 radical (unpaired) electrons. The molecule has 0 spiro atoms. The van der Waals surface area contributed by atoms with Crippen molar-refractivity contribution in [2.24, 2.45) is 0 Å². The van der Waals surface area contributed by atoms with Gasteiger partial charge in [0.2, 0.25) is 0 Å². The Morgan fingerprint density at radius 1 is 1.33 bits per heavy atom. The van der Waals surface area contributed by atoms with Gasteiger partial charge >= 0.3 is 0 Å². The minimum atomic E-state index is -3.87. The van der Waals surface area contributed by atoms with Crippen molar-refractivity contribution in [2.45, 2.75) is 5.03 Å². The van der Waals surface area contributed by atoms with Gasteiger partial charge in [-0.05, 0) is 24.3 Å². The van der Waals surface area contributed by atoms with Crippen LogP contribution in [-0.2, 0) is 10.0 Å². The summed E-state index contributed by atoms with van der Waals surface area (Å²) in [5, 5.41) is 6.15. The summed E-state index contributed by atoms with van der Waals surface area (Å²) in [4.78, 5) is 13.4. The molecule has 0 bridgehead atoms. The SMILES string of the molecule is CN(C)C(=O)c1ccc(Cl)cc1NS(=O)(=O)c1ccn[nH]1. The molecule has 0 atom stereocenters. The summed E-state index contributed by atoms with van der Waals surface area (Å²) in [6.07, 6.45) is 1.32. The Bertz CT molecular complexity index is 757. The van der Waals surface area contributed by atoms with Crippen molar-refractivity contribution in [3.05, 3.63) is 41.0 Å². The third kappa shape index (κ3) is 3.34. The van der Waals surface area contributed by atoms with Crippen molar-refractivity contribution in [1.82, 2.24) is 15.1 Å². The number of H-pyrrole nitrogens is 1. The summed E-state index contributed by atoms with van der Waals surface area (Å²) in [5.74, 6) is -0.339. The van der Waals surface area contributed by atoms with Gasteiger partial charge in [0.25, 0.3) is 15.9 Å². The summed E-state index contributed by atoms with van der Waals surface area (Å²) in [7, 11) is -0.719. The number of sulfonamides is 1. The van der Waals surface area contributed by atoms with E-state index in [1.165, 1.54) is 35.4 Å². The van der Waals surface area contributed by atoms with Gasteiger partial charge in [-0.2, -0.15) is 13.5 Å². The maximum Gasteiger partial charge on any atom is 0.278 e. The molecular formula is C12H13ClN4O3S. The van der Waals surface area contributed by atoms with Crippen molar-refractivity contribution in [2.75, 3.05) is 18.8 Å². The van der Waals surface area contributed by atoms with E-state index in [1.54, 1.807) is 14.1 Å². The summed E-state index contributed by atoms with van der Waals surface area (Å²) in [5.41, 5.74) is 0.309. The van der Waals surface area contributed by atoms with Crippen LogP contribution in [0.2, 0.25) is 5.02 Å². The Morgan fingerprint density at radius 2 is 2.05 bits per heavy atom. The number of amides is 1. The molecule has 7 nitrogen and oxygen atoms in total. The van der Waals surface area contributed by atoms with Gasteiger partial charge in [-0.1, -0.05) is 11.6 Å². The number of benzene rings is 1. The minimum absolute atomic E-state index is 0.106. The zero-order valence-electron chi connectivity index (χ0n) is 11.3. The normalized spacial score (nSPS) is 11.2. The van der Waals surface area contributed by atoms with Gasteiger partial charge < -0.3 is 4.90 Å². The topological polar surface area (TPSA) is 95.2 Å². The highest BCUT2D eigenvalue weighted by Gasteiger charge is 2.20. The molecule has 1 amide bonds. The van der Waals surface area contributed by atoms with E-state index in [9.17, 15) is 13.2 Å². The van der Waals surface area contributed by atoms with Gasteiger partial charge in [-0.15, -0.1) is 0 Å². The van der Waals surface area contributed by atoms with E-state index < -0.39 is 10.0 Å². The van der Waals surface area contributed by atoms with Crippen molar-refractivity contribution >= 4 is 33.2 Å². The van der Waals surface area contributed by atoms with Crippen LogP contribution >= 0.6 is 11.6 Å². The average molecular weight is 329 g/mol. The van der Waals surface area contributed by atoms with E-state index >= 15 is 0 Å². The fourth-order valence-electron chi connectivity index (χ4n) is 1.62. The maximum absolute atomic E-state index is 12.2. The zero-order valence-corrected chi connectivity index (χ0v) is 12.9. The minimum Gasteiger partial charge on any atom is -0.345 e. The standard InChI is InChI=1S/C12H13ClN4O3S/c1-17(2)12(18)9-4-3-8(13)7-10(9)16-21(19,20)11-5-6-14-15-11/h3-7,16H,1-2H3,(H,14,15). The lowest BCUT2D eigenvalue weighted by molar-refractivity contribution is 0.0828. The Kier molecular flexibility index (Phi) is 4.19. The van der Waals surface area contributed by atoms with E-state index in [1.807, 2.05) is 0 Å². The van der Waals surface area contributed by atoms with Gasteiger partial charge in [0, 0.05) is 19.1 Å². The van der Waals surface area contributed by atoms with Crippen LogP contribution in [0, 0.1) is 0 Å². The van der Waals surface area contributed by atoms with Crippen molar-refractivity contribution < 1.29 is 13.2 Å². The molecule has 0 aliphatic carbocycles. The molecule has 0 aliphatic rings. The Hall–Kier alpha value is -2.06. The van der Waals surface area contributed by atoms with Crippen molar-refractivity contribution in [3.8, 4) is 0 Å². The average Bonchev–Trinajstić information content (AvgIpc) is 2.92. The number of halogens is 1. The molecule has 0 saturated heterocycles. The number of aromatic nitrogens is 2. The predicted molar refractivity (Wildman–Crippen MR) is 78.9 cm³/mol. The van der Waals surface area contributed by atoms with E-state index in [2.05, 4.69) is 14.9 Å². The van der Waals surface area contributed by atoms with E-state index in [4.69, 9.17) is 11.6 Å². The number of carbonyl (C=O) groups excluding carboxylic acids is 1. The number of rotatable bonds is 4. The van der Waals surface area contributed by atoms with E-state index in [0.29, 0.717) is 5.02 Å². The number of hydrogen-bond donors (Lipinski definition) is 2. The summed E-state index contributed by atoms with van der Waals surface area (Å²) < 4.78 is 26.7. The summed E-state index contributed by atoms with van der Waals surface area (Å²) in [6, 6.07) is 5.67. The third-order valence-electron chi connectivity index (χ3n) is 2.63. The first-order valence-electron chi connectivity index (χ1n) is 5.84. The molecule has 2 N–H and O–H groups in total. The lowest BCUT2D eigenvalue weighted by atomic mass is 10.1. The highest BCUT2D eigenvalue weighted by Crippen LogP contribution is 2.24. The second kappa shape index (κ2) is 5.74. The van der Waals surface area contributed by atoms with Crippen LogP contribution in [-0.4, -0.2) is 43.5 Å². The molecule has 9 heteroatoms. The molecule has 2 rings (SSSR count). The van der Waals surface area contributed by atoms with Gasteiger partial charge in [-0.3, -0.25) is 14.6 Å². The van der Waals surface area contributed by atoms with Crippen LogP contribution in [0.4, 0.5) is 5.69 Å².